The molecule has 1 amide bonds. The maximum absolute atomic E-state index is 13.3. The van der Waals surface area contributed by atoms with Crippen molar-refractivity contribution in [2.24, 2.45) is 5.41 Å². The van der Waals surface area contributed by atoms with Crippen LogP contribution in [0.1, 0.15) is 24.0 Å². The van der Waals surface area contributed by atoms with Crippen molar-refractivity contribution in [2.45, 2.75) is 25.8 Å². The van der Waals surface area contributed by atoms with Gasteiger partial charge in [0.05, 0.1) is 5.41 Å². The summed E-state index contributed by atoms with van der Waals surface area (Å²) >= 11 is 0. The van der Waals surface area contributed by atoms with Crippen LogP contribution in [0.15, 0.2) is 73.3 Å². The summed E-state index contributed by atoms with van der Waals surface area (Å²) in [6.07, 6.45) is 9.28. The average Bonchev–Trinajstić information content (AvgIpc) is 2.80. The van der Waals surface area contributed by atoms with E-state index in [4.69, 9.17) is 4.74 Å². The van der Waals surface area contributed by atoms with Crippen LogP contribution in [0.4, 0.5) is 0 Å². The number of pyridine rings is 2. The molecule has 1 aromatic carbocycles. The SMILES string of the molecule is O=C(NCc1cccnc1)C1(Cc2ccccc2-c2cccnc2)CCOCC1. The van der Waals surface area contributed by atoms with Crippen molar-refractivity contribution < 1.29 is 9.53 Å². The first kappa shape index (κ1) is 19.3. The van der Waals surface area contributed by atoms with Crippen LogP contribution in [0.5, 0.6) is 0 Å². The Labute approximate surface area is 171 Å². The molecule has 0 unspecified atom stereocenters. The van der Waals surface area contributed by atoms with Gasteiger partial charge in [-0.3, -0.25) is 14.8 Å². The molecule has 0 atom stereocenters. The number of aromatic nitrogens is 2. The Morgan fingerprint density at radius 2 is 1.72 bits per heavy atom. The molecule has 29 heavy (non-hydrogen) atoms. The smallest absolute Gasteiger partial charge is 0.226 e. The van der Waals surface area contributed by atoms with Crippen molar-refractivity contribution in [3.63, 3.8) is 0 Å². The highest BCUT2D eigenvalue weighted by atomic mass is 16.5. The summed E-state index contributed by atoms with van der Waals surface area (Å²) in [6.45, 7) is 1.70. The lowest BCUT2D eigenvalue weighted by molar-refractivity contribution is -0.136. The maximum Gasteiger partial charge on any atom is 0.226 e. The van der Waals surface area contributed by atoms with E-state index in [0.717, 1.165) is 16.7 Å². The van der Waals surface area contributed by atoms with Gasteiger partial charge >= 0.3 is 0 Å². The van der Waals surface area contributed by atoms with E-state index < -0.39 is 5.41 Å². The molecule has 5 nitrogen and oxygen atoms in total. The Hall–Kier alpha value is -3.05. The lowest BCUT2D eigenvalue weighted by Crippen LogP contribution is -2.46. The standard InChI is InChI=1S/C24H25N3O2/c28-23(27-17-19-5-3-11-25-16-19)24(9-13-29-14-10-24)15-20-6-1-2-8-22(20)21-7-4-12-26-18-21/h1-8,11-12,16,18H,9-10,13-15,17H2,(H,27,28). The van der Waals surface area contributed by atoms with Crippen molar-refractivity contribution in [3.8, 4) is 11.1 Å². The highest BCUT2D eigenvalue weighted by Crippen LogP contribution is 2.37. The Morgan fingerprint density at radius 3 is 2.45 bits per heavy atom. The van der Waals surface area contributed by atoms with Crippen LogP contribution in [0.3, 0.4) is 0 Å². The van der Waals surface area contributed by atoms with E-state index in [0.29, 0.717) is 39.0 Å². The third kappa shape index (κ3) is 4.51. The third-order valence-corrected chi connectivity index (χ3v) is 5.63. The van der Waals surface area contributed by atoms with Crippen LogP contribution < -0.4 is 5.32 Å². The van der Waals surface area contributed by atoms with E-state index >= 15 is 0 Å². The predicted octanol–water partition coefficient (Wildman–Crippen LogP) is 3.80. The molecule has 1 fully saturated rings. The van der Waals surface area contributed by atoms with Crippen LogP contribution in [0, 0.1) is 5.41 Å². The third-order valence-electron chi connectivity index (χ3n) is 5.63. The predicted molar refractivity (Wildman–Crippen MR) is 112 cm³/mol. The maximum atomic E-state index is 13.3. The molecule has 0 spiro atoms. The number of carbonyl (C=O) groups excluding carboxylic acids is 1. The van der Waals surface area contributed by atoms with Crippen molar-refractivity contribution in [1.82, 2.24) is 15.3 Å². The van der Waals surface area contributed by atoms with Crippen molar-refractivity contribution >= 4 is 5.91 Å². The first-order chi connectivity index (χ1) is 14.3. The van der Waals surface area contributed by atoms with Crippen LogP contribution in [-0.4, -0.2) is 29.1 Å². The quantitative estimate of drug-likeness (QED) is 0.699. The minimum atomic E-state index is -0.473. The van der Waals surface area contributed by atoms with Gasteiger partial charge < -0.3 is 10.1 Å². The number of nitrogens with one attached hydrogen (secondary N) is 1. The van der Waals surface area contributed by atoms with Crippen molar-refractivity contribution in [1.29, 1.82) is 0 Å². The highest BCUT2D eigenvalue weighted by Gasteiger charge is 2.40. The molecular weight excluding hydrogens is 362 g/mol. The number of amides is 1. The summed E-state index contributed by atoms with van der Waals surface area (Å²) in [6, 6.07) is 16.2. The Balaban J connectivity index is 1.58. The highest BCUT2D eigenvalue weighted by molar-refractivity contribution is 5.83. The molecule has 1 N–H and O–H groups in total. The van der Waals surface area contributed by atoms with Gasteiger partial charge in [-0.1, -0.05) is 36.4 Å². The summed E-state index contributed by atoms with van der Waals surface area (Å²) in [4.78, 5) is 21.7. The molecule has 4 rings (SSSR count). The van der Waals surface area contributed by atoms with E-state index in [-0.39, 0.29) is 5.91 Å². The molecule has 0 bridgehead atoms. The first-order valence-electron chi connectivity index (χ1n) is 10.0. The van der Waals surface area contributed by atoms with Crippen LogP contribution in [-0.2, 0) is 22.5 Å². The fourth-order valence-corrected chi connectivity index (χ4v) is 3.96. The molecule has 1 aliphatic heterocycles. The van der Waals surface area contributed by atoms with Gasteiger partial charge in [-0.2, -0.15) is 0 Å². The van der Waals surface area contributed by atoms with E-state index in [2.05, 4.69) is 33.5 Å². The molecule has 0 saturated carbocycles. The van der Waals surface area contributed by atoms with E-state index in [9.17, 15) is 4.79 Å². The van der Waals surface area contributed by atoms with Gasteiger partial charge in [-0.25, -0.2) is 0 Å². The van der Waals surface area contributed by atoms with Crippen LogP contribution in [0.2, 0.25) is 0 Å². The van der Waals surface area contributed by atoms with Crippen molar-refractivity contribution in [2.75, 3.05) is 13.2 Å². The monoisotopic (exact) mass is 387 g/mol. The first-order valence-corrected chi connectivity index (χ1v) is 10.0. The molecule has 0 radical (unpaired) electrons. The topological polar surface area (TPSA) is 64.1 Å². The van der Waals surface area contributed by atoms with Gasteiger partial charge in [0.15, 0.2) is 0 Å². The van der Waals surface area contributed by atoms with Crippen molar-refractivity contribution in [3.05, 3.63) is 84.4 Å². The molecule has 1 aliphatic rings. The minimum absolute atomic E-state index is 0.0886. The van der Waals surface area contributed by atoms with Crippen LogP contribution in [0.25, 0.3) is 11.1 Å². The Kier molecular flexibility index (Phi) is 5.96. The lowest BCUT2D eigenvalue weighted by Gasteiger charge is -2.36. The van der Waals surface area contributed by atoms with E-state index in [1.807, 2.05) is 36.5 Å². The molecular formula is C24H25N3O2. The molecule has 148 valence electrons. The second-order valence-electron chi connectivity index (χ2n) is 7.51. The summed E-state index contributed by atoms with van der Waals surface area (Å²) in [5.41, 5.74) is 3.89. The van der Waals surface area contributed by atoms with Gasteiger partial charge in [0, 0.05) is 50.1 Å². The molecule has 0 aliphatic carbocycles. The second kappa shape index (κ2) is 8.97. The summed E-state index contributed by atoms with van der Waals surface area (Å²) in [7, 11) is 0. The number of carbonyl (C=O) groups is 1. The van der Waals surface area contributed by atoms with E-state index in [1.165, 1.54) is 5.56 Å². The number of ether oxygens (including phenoxy) is 1. The fraction of sp³-hybridized carbons (Fsp3) is 0.292. The zero-order valence-corrected chi connectivity index (χ0v) is 16.4. The number of hydrogen-bond acceptors (Lipinski definition) is 4. The number of rotatable bonds is 6. The van der Waals surface area contributed by atoms with E-state index in [1.54, 1.807) is 18.6 Å². The molecule has 3 aromatic rings. The van der Waals surface area contributed by atoms with Gasteiger partial charge in [-0.15, -0.1) is 0 Å². The van der Waals surface area contributed by atoms with Gasteiger partial charge in [0.1, 0.15) is 0 Å². The number of benzene rings is 1. The lowest BCUT2D eigenvalue weighted by atomic mass is 9.73. The second-order valence-corrected chi connectivity index (χ2v) is 7.51. The summed E-state index contributed by atoms with van der Waals surface area (Å²) < 4.78 is 5.59. The number of hydrogen-bond donors (Lipinski definition) is 1. The minimum Gasteiger partial charge on any atom is -0.381 e. The molecule has 2 aromatic heterocycles. The molecule has 1 saturated heterocycles. The van der Waals surface area contributed by atoms with Gasteiger partial charge in [0.2, 0.25) is 5.91 Å². The zero-order chi connectivity index (χ0) is 19.9. The summed E-state index contributed by atoms with van der Waals surface area (Å²) in [5, 5.41) is 3.14. The number of nitrogens with zero attached hydrogens (tertiary/aromatic N) is 2. The van der Waals surface area contributed by atoms with Gasteiger partial charge in [-0.05, 0) is 48.1 Å². The Bertz CT molecular complexity index is 939. The average molecular weight is 387 g/mol. The summed E-state index contributed by atoms with van der Waals surface area (Å²) in [5.74, 6) is 0.0886. The van der Waals surface area contributed by atoms with Gasteiger partial charge in [0.25, 0.3) is 0 Å². The van der Waals surface area contributed by atoms with Crippen LogP contribution >= 0.6 is 0 Å². The largest absolute Gasteiger partial charge is 0.381 e. The fourth-order valence-electron chi connectivity index (χ4n) is 3.96. The zero-order valence-electron chi connectivity index (χ0n) is 16.4. The normalized spacial score (nSPS) is 15.6. The Morgan fingerprint density at radius 1 is 0.966 bits per heavy atom. The molecule has 3 heterocycles. The molecule has 5 heteroatoms.